The van der Waals surface area contributed by atoms with E-state index < -0.39 is 0 Å². The molecule has 1 fully saturated rings. The van der Waals surface area contributed by atoms with E-state index in [4.69, 9.17) is 0 Å². The van der Waals surface area contributed by atoms with Gasteiger partial charge in [0.2, 0.25) is 12.3 Å². The number of nitrogens with zero attached hydrogens (tertiary/aromatic N) is 3. The normalized spacial score (nSPS) is 16.1. The van der Waals surface area contributed by atoms with E-state index in [1.165, 1.54) is 0 Å². The predicted octanol–water partition coefficient (Wildman–Crippen LogP) is -0.528. The monoisotopic (exact) mass is 262 g/mol. The predicted molar refractivity (Wildman–Crippen MR) is 70.2 cm³/mol. The lowest BCUT2D eigenvalue weighted by Crippen LogP contribution is -2.48. The van der Waals surface area contributed by atoms with Gasteiger partial charge >= 0.3 is 0 Å². The Labute approximate surface area is 112 Å². The molecule has 0 radical (unpaired) electrons. The lowest BCUT2D eigenvalue weighted by atomic mass is 10.3. The molecular weight excluding hydrogens is 244 g/mol. The maximum absolute atomic E-state index is 11.8. The minimum absolute atomic E-state index is 0.00907. The molecule has 6 nitrogen and oxygen atoms in total. The molecule has 0 unspecified atom stereocenters. The number of amides is 2. The minimum Gasteiger partial charge on any atom is -0.349 e. The Hall–Kier alpha value is -1.95. The van der Waals surface area contributed by atoms with Crippen molar-refractivity contribution in [3.63, 3.8) is 0 Å². The molecule has 1 aliphatic rings. The fraction of sp³-hybridized carbons (Fsp3) is 0.462. The molecule has 0 aliphatic carbocycles. The summed E-state index contributed by atoms with van der Waals surface area (Å²) in [4.78, 5) is 30.3. The van der Waals surface area contributed by atoms with Crippen LogP contribution >= 0.6 is 0 Å². The van der Waals surface area contributed by atoms with E-state index in [1.807, 2.05) is 23.1 Å². The number of hydrogen-bond acceptors (Lipinski definition) is 4. The first kappa shape index (κ1) is 13.5. The third-order valence-electron chi connectivity index (χ3n) is 3.12. The average molecular weight is 262 g/mol. The van der Waals surface area contributed by atoms with Crippen molar-refractivity contribution in [3.05, 3.63) is 30.1 Å². The first-order chi connectivity index (χ1) is 9.28. The highest BCUT2D eigenvalue weighted by Crippen LogP contribution is 1.99. The summed E-state index contributed by atoms with van der Waals surface area (Å²) >= 11 is 0. The van der Waals surface area contributed by atoms with Crippen LogP contribution in [0.4, 0.5) is 0 Å². The Morgan fingerprint density at radius 3 is 2.74 bits per heavy atom. The number of carbonyl (C=O) groups excluding carboxylic acids is 2. The summed E-state index contributed by atoms with van der Waals surface area (Å²) in [7, 11) is 0. The van der Waals surface area contributed by atoms with Crippen molar-refractivity contribution in [2.75, 3.05) is 32.7 Å². The number of carbonyl (C=O) groups is 2. The Morgan fingerprint density at radius 1 is 1.32 bits per heavy atom. The molecule has 2 heterocycles. The topological polar surface area (TPSA) is 65.5 Å². The molecule has 6 heteroatoms. The van der Waals surface area contributed by atoms with Crippen LogP contribution in [0.25, 0.3) is 0 Å². The van der Waals surface area contributed by atoms with Gasteiger partial charge in [0.1, 0.15) is 0 Å². The van der Waals surface area contributed by atoms with Gasteiger partial charge in [-0.3, -0.25) is 19.5 Å². The number of aromatic nitrogens is 1. The highest BCUT2D eigenvalue weighted by Gasteiger charge is 2.17. The van der Waals surface area contributed by atoms with E-state index in [0.29, 0.717) is 26.2 Å². The van der Waals surface area contributed by atoms with Crippen LogP contribution < -0.4 is 5.32 Å². The molecule has 0 aromatic carbocycles. The van der Waals surface area contributed by atoms with Crippen molar-refractivity contribution in [1.82, 2.24) is 20.1 Å². The maximum Gasteiger partial charge on any atom is 0.234 e. The van der Waals surface area contributed by atoms with E-state index >= 15 is 0 Å². The maximum atomic E-state index is 11.8. The number of pyridine rings is 1. The summed E-state index contributed by atoms with van der Waals surface area (Å²) in [5.74, 6) is -0.00907. The summed E-state index contributed by atoms with van der Waals surface area (Å²) in [5.41, 5.74) is 0.849. The first-order valence-electron chi connectivity index (χ1n) is 6.36. The average Bonchev–Trinajstić information content (AvgIpc) is 2.47. The van der Waals surface area contributed by atoms with Gasteiger partial charge in [-0.1, -0.05) is 6.07 Å². The highest BCUT2D eigenvalue weighted by molar-refractivity contribution is 5.78. The van der Waals surface area contributed by atoms with Gasteiger partial charge in [0.15, 0.2) is 0 Å². The van der Waals surface area contributed by atoms with Gasteiger partial charge in [0.25, 0.3) is 0 Å². The van der Waals surface area contributed by atoms with Crippen LogP contribution in [0.5, 0.6) is 0 Å². The molecule has 1 aliphatic heterocycles. The number of rotatable bonds is 5. The Morgan fingerprint density at radius 2 is 2.11 bits per heavy atom. The zero-order valence-electron chi connectivity index (χ0n) is 10.8. The molecule has 1 aromatic rings. The molecule has 102 valence electrons. The number of piperazine rings is 1. The van der Waals surface area contributed by atoms with Gasteiger partial charge < -0.3 is 10.2 Å². The second kappa shape index (κ2) is 6.84. The fourth-order valence-corrected chi connectivity index (χ4v) is 1.98. The smallest absolute Gasteiger partial charge is 0.234 e. The van der Waals surface area contributed by atoms with Crippen LogP contribution in [0.15, 0.2) is 24.4 Å². The van der Waals surface area contributed by atoms with E-state index in [0.717, 1.165) is 25.2 Å². The molecular formula is C13H18N4O2. The Bertz CT molecular complexity index is 416. The summed E-state index contributed by atoms with van der Waals surface area (Å²) in [6, 6.07) is 5.62. The van der Waals surface area contributed by atoms with E-state index in [-0.39, 0.29) is 5.91 Å². The van der Waals surface area contributed by atoms with Crippen LogP contribution in [0.1, 0.15) is 5.69 Å². The van der Waals surface area contributed by atoms with Crippen molar-refractivity contribution >= 4 is 12.3 Å². The lowest BCUT2D eigenvalue weighted by molar-refractivity contribution is -0.123. The van der Waals surface area contributed by atoms with Crippen LogP contribution in [0.3, 0.4) is 0 Å². The van der Waals surface area contributed by atoms with E-state index in [1.54, 1.807) is 11.1 Å². The second-order valence-corrected chi connectivity index (χ2v) is 4.52. The third-order valence-corrected chi connectivity index (χ3v) is 3.12. The van der Waals surface area contributed by atoms with Gasteiger partial charge in [-0.2, -0.15) is 0 Å². The van der Waals surface area contributed by atoms with Crippen LogP contribution in [-0.2, 0) is 16.1 Å². The fourth-order valence-electron chi connectivity index (χ4n) is 1.98. The SMILES string of the molecule is O=CN1CCN(CC(=O)NCc2ccccn2)CC1. The zero-order chi connectivity index (χ0) is 13.5. The molecule has 0 spiro atoms. The lowest BCUT2D eigenvalue weighted by Gasteiger charge is -2.31. The van der Waals surface area contributed by atoms with Gasteiger partial charge in [0, 0.05) is 32.4 Å². The molecule has 2 amide bonds. The molecule has 1 N–H and O–H groups in total. The van der Waals surface area contributed by atoms with Crippen molar-refractivity contribution < 1.29 is 9.59 Å². The standard InChI is InChI=1S/C13H18N4O2/c18-11-17-7-5-16(6-8-17)10-13(19)15-9-12-3-1-2-4-14-12/h1-4,11H,5-10H2,(H,15,19). The van der Waals surface area contributed by atoms with Gasteiger partial charge in [-0.15, -0.1) is 0 Å². The molecule has 1 aromatic heterocycles. The molecule has 0 bridgehead atoms. The molecule has 0 atom stereocenters. The second-order valence-electron chi connectivity index (χ2n) is 4.52. The summed E-state index contributed by atoms with van der Waals surface area (Å²) in [5, 5.41) is 2.85. The number of nitrogens with one attached hydrogen (secondary N) is 1. The van der Waals surface area contributed by atoms with Gasteiger partial charge in [-0.25, -0.2) is 0 Å². The molecule has 0 saturated carbocycles. The van der Waals surface area contributed by atoms with E-state index in [2.05, 4.69) is 10.3 Å². The van der Waals surface area contributed by atoms with Gasteiger partial charge in [-0.05, 0) is 12.1 Å². The highest BCUT2D eigenvalue weighted by atomic mass is 16.2. The summed E-state index contributed by atoms with van der Waals surface area (Å²) in [6.07, 6.45) is 2.57. The van der Waals surface area contributed by atoms with Crippen molar-refractivity contribution in [2.45, 2.75) is 6.54 Å². The quantitative estimate of drug-likeness (QED) is 0.725. The molecule has 2 rings (SSSR count). The summed E-state index contributed by atoms with van der Waals surface area (Å²) in [6.45, 7) is 3.70. The molecule has 1 saturated heterocycles. The number of hydrogen-bond donors (Lipinski definition) is 1. The van der Waals surface area contributed by atoms with Crippen LogP contribution in [-0.4, -0.2) is 59.8 Å². The van der Waals surface area contributed by atoms with Crippen molar-refractivity contribution in [3.8, 4) is 0 Å². The van der Waals surface area contributed by atoms with Crippen LogP contribution in [0.2, 0.25) is 0 Å². The Balaban J connectivity index is 1.69. The van der Waals surface area contributed by atoms with Crippen LogP contribution in [0, 0.1) is 0 Å². The first-order valence-corrected chi connectivity index (χ1v) is 6.36. The zero-order valence-corrected chi connectivity index (χ0v) is 10.8. The van der Waals surface area contributed by atoms with Gasteiger partial charge in [0.05, 0.1) is 18.8 Å². The largest absolute Gasteiger partial charge is 0.349 e. The molecule has 19 heavy (non-hydrogen) atoms. The summed E-state index contributed by atoms with van der Waals surface area (Å²) < 4.78 is 0. The third kappa shape index (κ3) is 4.33. The van der Waals surface area contributed by atoms with E-state index in [9.17, 15) is 9.59 Å². The van der Waals surface area contributed by atoms with Crippen molar-refractivity contribution in [2.24, 2.45) is 0 Å². The Kier molecular flexibility index (Phi) is 4.85. The minimum atomic E-state index is -0.00907. The van der Waals surface area contributed by atoms with Crippen molar-refractivity contribution in [1.29, 1.82) is 0 Å².